The van der Waals surface area contributed by atoms with E-state index in [4.69, 9.17) is 0 Å². The van der Waals surface area contributed by atoms with E-state index in [1.165, 1.54) is 201 Å². The van der Waals surface area contributed by atoms with Gasteiger partial charge in [0.05, 0.1) is 0 Å². The van der Waals surface area contributed by atoms with Gasteiger partial charge in [-0.25, -0.2) is 0 Å². The van der Waals surface area contributed by atoms with Crippen LogP contribution in [0.1, 0.15) is 153 Å². The molecule has 21 rings (SSSR count). The second-order valence-electron chi connectivity index (χ2n) is 39.5. The van der Waals surface area contributed by atoms with E-state index < -0.39 is 5.41 Å². The summed E-state index contributed by atoms with van der Waals surface area (Å²) in [4.78, 5) is 15.5. The molecular weight excluding hydrogens is 1470 g/mol. The van der Waals surface area contributed by atoms with Crippen LogP contribution < -0.4 is 78.6 Å². The van der Waals surface area contributed by atoms with Crippen molar-refractivity contribution < 1.29 is 0 Å². The molecule has 0 aromatic heterocycles. The topological polar surface area (TPSA) is 19.4 Å². The van der Waals surface area contributed by atoms with Gasteiger partial charge in [-0.1, -0.05) is 241 Å². The molecule has 6 nitrogen and oxygen atoms in total. The molecule has 122 heavy (non-hydrogen) atoms. The minimum absolute atomic E-state index is 0.0433. The molecule has 15 aromatic rings. The largest absolute Gasteiger partial charge is 0.311 e. The minimum Gasteiger partial charge on any atom is -0.311 e. The molecule has 596 valence electrons. The van der Waals surface area contributed by atoms with Gasteiger partial charge in [0.2, 0.25) is 0 Å². The summed E-state index contributed by atoms with van der Waals surface area (Å²) < 4.78 is 0. The van der Waals surface area contributed by atoms with Crippen LogP contribution in [0.25, 0.3) is 0 Å². The van der Waals surface area contributed by atoms with Gasteiger partial charge in [0.1, 0.15) is 0 Å². The summed E-state index contributed by atoms with van der Waals surface area (Å²) in [5.41, 5.74) is 50.4. The van der Waals surface area contributed by atoms with Gasteiger partial charge in [-0.2, -0.15) is 0 Å². The standard InChI is InChI=1S/C113H105B3N6/c1-68-20-38-83(39-21-68)117-95-50-26-71(4)56-89(95)114-92-65-80(35-53-98(92)120(104-62-74(7)59-101(117)107(104)114)86-44-29-77(30-45-86)110(10,11)12)113(19,81-36-54-99-93(66-81)115-90-57-72(5)27-51-96(90)118(84-40-22-69(2)23-41-84)102-60-75(8)63-105(108(102)115)121(99)87-46-31-78(32-47-87)111(13,14)15)82-37-55-100-94(67-82)116-91-58-73(6)28-52-97(91)119(85-42-24-70(3)25-43-85)103-61-76(9)64-106(109(103)116)122(100)88-48-33-79(34-49-88)112(16,17)18/h20-67H,1-19H3. The first-order valence-electron chi connectivity index (χ1n) is 43.9. The molecule has 0 amide bonds. The molecule has 0 aliphatic carbocycles. The van der Waals surface area contributed by atoms with Gasteiger partial charge in [0.15, 0.2) is 0 Å². The molecule has 0 saturated carbocycles. The highest BCUT2D eigenvalue weighted by molar-refractivity contribution is 7.02. The molecule has 0 spiro atoms. The van der Waals surface area contributed by atoms with Crippen molar-refractivity contribution in [2.75, 3.05) is 29.4 Å². The Morgan fingerprint density at radius 1 is 0.164 bits per heavy atom. The Morgan fingerprint density at radius 2 is 0.336 bits per heavy atom. The molecule has 9 heteroatoms. The maximum absolute atomic E-state index is 2.69. The van der Waals surface area contributed by atoms with Crippen molar-refractivity contribution in [1.29, 1.82) is 0 Å². The lowest BCUT2D eigenvalue weighted by Crippen LogP contribution is -2.62. The van der Waals surface area contributed by atoms with Crippen molar-refractivity contribution >= 4 is 172 Å². The van der Waals surface area contributed by atoms with Gasteiger partial charge in [-0.05, 0) is 330 Å². The summed E-state index contributed by atoms with van der Waals surface area (Å²) in [7, 11) is 0. The Kier molecular flexibility index (Phi) is 17.4. The number of nitrogens with zero attached hydrogens (tertiary/aromatic N) is 6. The van der Waals surface area contributed by atoms with E-state index in [0.29, 0.717) is 0 Å². The van der Waals surface area contributed by atoms with Crippen molar-refractivity contribution in [3.63, 3.8) is 0 Å². The Hall–Kier alpha value is -12.7. The van der Waals surface area contributed by atoms with E-state index in [1.807, 2.05) is 0 Å². The summed E-state index contributed by atoms with van der Waals surface area (Å²) in [5, 5.41) is 0. The first-order chi connectivity index (χ1) is 58.4. The molecule has 0 atom stereocenters. The third-order valence-electron chi connectivity index (χ3n) is 27.7. The Morgan fingerprint density at radius 3 is 0.541 bits per heavy atom. The van der Waals surface area contributed by atoms with Crippen molar-refractivity contribution in [3.05, 3.63) is 375 Å². The molecule has 0 unspecified atom stereocenters. The SMILES string of the molecule is Cc1ccc(N2c3ccc(C)cc3B3c4cc(C(C)(c5ccc6c(c5)B5c7cc(C)ccc7N(c7ccc(C)cc7)c7cc(C)cc(c75)N6c5ccc(C(C)(C)C)cc5)c5ccc6c(c5)B5c7cc(C)ccc7N(c7ccc(C)cc7)c7cc(C)cc(c75)N6c5ccc(C(C)(C)C)cc5)ccc4N(c4ccc(C(C)(C)C)cc4)c4cc(C)cc2c43)cc1. The predicted octanol–water partition coefficient (Wildman–Crippen LogP) is 24.0. The maximum atomic E-state index is 2.69. The lowest BCUT2D eigenvalue weighted by molar-refractivity contribution is 0.590. The minimum atomic E-state index is -0.867. The first-order valence-corrected chi connectivity index (χ1v) is 43.9. The number of hydrogen-bond donors (Lipinski definition) is 0. The molecule has 0 radical (unpaired) electrons. The van der Waals surface area contributed by atoms with E-state index in [9.17, 15) is 0 Å². The van der Waals surface area contributed by atoms with Crippen LogP contribution in [0.2, 0.25) is 0 Å². The number of fused-ring (bicyclic) bond motifs is 12. The Labute approximate surface area is 724 Å². The highest BCUT2D eigenvalue weighted by atomic mass is 15.2. The van der Waals surface area contributed by atoms with Crippen LogP contribution in [0.15, 0.2) is 291 Å². The van der Waals surface area contributed by atoms with E-state index in [0.717, 1.165) is 34.1 Å². The van der Waals surface area contributed by atoms with E-state index in [-0.39, 0.29) is 36.4 Å². The van der Waals surface area contributed by atoms with Crippen molar-refractivity contribution in [2.45, 2.75) is 153 Å². The van der Waals surface area contributed by atoms with Crippen LogP contribution in [0.4, 0.5) is 102 Å². The van der Waals surface area contributed by atoms with Crippen LogP contribution >= 0.6 is 0 Å². The smallest absolute Gasteiger partial charge is 0.252 e. The molecule has 0 bridgehead atoms. The molecule has 6 aliphatic rings. The second-order valence-corrected chi connectivity index (χ2v) is 39.5. The fraction of sp³-hybridized carbons (Fsp3) is 0.204. The molecule has 0 saturated heterocycles. The van der Waals surface area contributed by atoms with Crippen molar-refractivity contribution in [2.24, 2.45) is 0 Å². The lowest BCUT2D eigenvalue weighted by Gasteiger charge is -2.46. The summed E-state index contributed by atoms with van der Waals surface area (Å²) in [6, 6.07) is 116. The molecule has 15 aromatic carbocycles. The quantitative estimate of drug-likeness (QED) is 0.105. The summed E-state index contributed by atoms with van der Waals surface area (Å²) in [6.07, 6.45) is 0. The van der Waals surface area contributed by atoms with Crippen LogP contribution in [0.3, 0.4) is 0 Å². The van der Waals surface area contributed by atoms with E-state index in [2.05, 4.69) is 452 Å². The normalized spacial score (nSPS) is 14.0. The van der Waals surface area contributed by atoms with Gasteiger partial charge in [0, 0.05) is 108 Å². The number of anilines is 18. The zero-order chi connectivity index (χ0) is 84.4. The van der Waals surface area contributed by atoms with Crippen LogP contribution in [0.5, 0.6) is 0 Å². The van der Waals surface area contributed by atoms with Gasteiger partial charge < -0.3 is 29.4 Å². The lowest BCUT2D eigenvalue weighted by atomic mass is 9.32. The third kappa shape index (κ3) is 12.0. The van der Waals surface area contributed by atoms with Crippen molar-refractivity contribution in [1.82, 2.24) is 0 Å². The predicted molar refractivity (Wildman–Crippen MR) is 526 cm³/mol. The van der Waals surface area contributed by atoms with Crippen LogP contribution in [0, 0.1) is 62.3 Å². The van der Waals surface area contributed by atoms with Crippen molar-refractivity contribution in [3.8, 4) is 0 Å². The summed E-state index contributed by atoms with van der Waals surface area (Å²) in [5.74, 6) is 0. The van der Waals surface area contributed by atoms with E-state index in [1.54, 1.807) is 0 Å². The number of hydrogen-bond acceptors (Lipinski definition) is 6. The number of rotatable bonds is 9. The van der Waals surface area contributed by atoms with Crippen LogP contribution in [-0.4, -0.2) is 20.1 Å². The molecule has 0 N–H and O–H groups in total. The average molecular weight is 1580 g/mol. The third-order valence-corrected chi connectivity index (χ3v) is 27.7. The zero-order valence-electron chi connectivity index (χ0n) is 74.1. The first kappa shape index (κ1) is 76.7. The fourth-order valence-corrected chi connectivity index (χ4v) is 21.3. The Bertz CT molecular complexity index is 6190. The Balaban J connectivity index is 0.871. The number of benzene rings is 15. The monoisotopic (exact) mass is 1580 g/mol. The molecule has 0 fully saturated rings. The highest BCUT2D eigenvalue weighted by Crippen LogP contribution is 2.53. The van der Waals surface area contributed by atoms with Gasteiger partial charge in [-0.15, -0.1) is 0 Å². The maximum Gasteiger partial charge on any atom is 0.252 e. The van der Waals surface area contributed by atoms with Gasteiger partial charge in [-0.3, -0.25) is 0 Å². The molecular formula is C113H105B3N6. The number of aryl methyl sites for hydroxylation is 9. The van der Waals surface area contributed by atoms with Gasteiger partial charge >= 0.3 is 0 Å². The summed E-state index contributed by atoms with van der Waals surface area (Å²) in [6.45, 7) is 43.3. The average Bonchev–Trinajstić information content (AvgIpc) is 0.697. The van der Waals surface area contributed by atoms with E-state index >= 15 is 0 Å². The zero-order valence-corrected chi connectivity index (χ0v) is 74.1. The highest BCUT2D eigenvalue weighted by Gasteiger charge is 2.50. The fourth-order valence-electron chi connectivity index (χ4n) is 21.3. The summed E-state index contributed by atoms with van der Waals surface area (Å²) >= 11 is 0. The van der Waals surface area contributed by atoms with Gasteiger partial charge in [0.25, 0.3) is 20.1 Å². The second kappa shape index (κ2) is 27.7. The van der Waals surface area contributed by atoms with Crippen LogP contribution in [-0.2, 0) is 21.7 Å². The molecule has 6 aliphatic heterocycles. The molecule has 6 heterocycles.